The lowest BCUT2D eigenvalue weighted by Crippen LogP contribution is -2.13. The number of amides is 1. The highest BCUT2D eigenvalue weighted by Gasteiger charge is 2.08. The zero-order chi connectivity index (χ0) is 14.7. The number of pyridine rings is 1. The van der Waals surface area contributed by atoms with Crippen LogP contribution in [0, 0.1) is 0 Å². The van der Waals surface area contributed by atoms with E-state index < -0.39 is 6.09 Å². The number of rotatable bonds is 3. The summed E-state index contributed by atoms with van der Waals surface area (Å²) in [5.41, 5.74) is 1.81. The number of carbonyl (C=O) groups excluding carboxylic acids is 1. The lowest BCUT2D eigenvalue weighted by molar-refractivity contribution is 0.155. The standard InChI is InChI=1S/C15H12BrN3O2/c16-12-7-4-8-19-13(12)9-14(18-19)17-15(20)21-10-11-5-2-1-3-6-11/h1-9H,10H2,(H,17,18,20). The number of aromatic nitrogens is 2. The summed E-state index contributed by atoms with van der Waals surface area (Å²) in [7, 11) is 0. The van der Waals surface area contributed by atoms with Gasteiger partial charge in [-0.25, -0.2) is 9.31 Å². The molecule has 1 aromatic carbocycles. The predicted octanol–water partition coefficient (Wildman–Crippen LogP) is 3.85. The van der Waals surface area contributed by atoms with Gasteiger partial charge in [-0.3, -0.25) is 5.32 Å². The van der Waals surface area contributed by atoms with Gasteiger partial charge in [-0.2, -0.15) is 0 Å². The van der Waals surface area contributed by atoms with Crippen LogP contribution in [0.2, 0.25) is 0 Å². The number of hydrogen-bond donors (Lipinski definition) is 1. The van der Waals surface area contributed by atoms with Crippen LogP contribution in [0.4, 0.5) is 10.6 Å². The second kappa shape index (κ2) is 5.97. The smallest absolute Gasteiger partial charge is 0.413 e. The Labute approximate surface area is 129 Å². The van der Waals surface area contributed by atoms with Crippen LogP contribution in [0.15, 0.2) is 59.2 Å². The van der Waals surface area contributed by atoms with Crippen LogP contribution in [0.3, 0.4) is 0 Å². The zero-order valence-corrected chi connectivity index (χ0v) is 12.6. The fourth-order valence-corrected chi connectivity index (χ4v) is 2.35. The van der Waals surface area contributed by atoms with E-state index in [0.717, 1.165) is 15.6 Å². The van der Waals surface area contributed by atoms with E-state index in [-0.39, 0.29) is 6.61 Å². The van der Waals surface area contributed by atoms with Crippen molar-refractivity contribution in [2.75, 3.05) is 5.32 Å². The summed E-state index contributed by atoms with van der Waals surface area (Å²) in [6, 6.07) is 15.1. The van der Waals surface area contributed by atoms with Gasteiger partial charge in [0.2, 0.25) is 0 Å². The normalized spacial score (nSPS) is 10.5. The maximum atomic E-state index is 11.8. The highest BCUT2D eigenvalue weighted by Crippen LogP contribution is 2.20. The van der Waals surface area contributed by atoms with Gasteiger partial charge in [0.25, 0.3) is 0 Å². The predicted molar refractivity (Wildman–Crippen MR) is 83.1 cm³/mol. The van der Waals surface area contributed by atoms with E-state index in [2.05, 4.69) is 26.3 Å². The topological polar surface area (TPSA) is 55.6 Å². The maximum absolute atomic E-state index is 11.8. The molecule has 2 heterocycles. The number of carbonyl (C=O) groups is 1. The molecule has 6 heteroatoms. The van der Waals surface area contributed by atoms with Crippen molar-refractivity contribution in [2.45, 2.75) is 6.61 Å². The van der Waals surface area contributed by atoms with Crippen LogP contribution in [0.1, 0.15) is 5.56 Å². The van der Waals surface area contributed by atoms with Gasteiger partial charge in [0.05, 0.1) is 5.52 Å². The molecule has 0 radical (unpaired) electrons. The van der Waals surface area contributed by atoms with Crippen molar-refractivity contribution in [3.8, 4) is 0 Å². The molecule has 1 amide bonds. The fraction of sp³-hybridized carbons (Fsp3) is 0.0667. The summed E-state index contributed by atoms with van der Waals surface area (Å²) in [6.45, 7) is 0.226. The quantitative estimate of drug-likeness (QED) is 0.784. The van der Waals surface area contributed by atoms with Crippen molar-refractivity contribution < 1.29 is 9.53 Å². The Morgan fingerprint density at radius 1 is 1.24 bits per heavy atom. The van der Waals surface area contributed by atoms with E-state index in [9.17, 15) is 4.79 Å². The van der Waals surface area contributed by atoms with Crippen LogP contribution in [0.5, 0.6) is 0 Å². The summed E-state index contributed by atoms with van der Waals surface area (Å²) in [6.07, 6.45) is 1.28. The Morgan fingerprint density at radius 3 is 2.81 bits per heavy atom. The number of hydrogen-bond acceptors (Lipinski definition) is 3. The third-order valence-corrected chi connectivity index (χ3v) is 3.56. The van der Waals surface area contributed by atoms with E-state index in [1.54, 1.807) is 16.8 Å². The minimum absolute atomic E-state index is 0.226. The van der Waals surface area contributed by atoms with Crippen molar-refractivity contribution in [1.82, 2.24) is 9.61 Å². The second-order valence-electron chi connectivity index (χ2n) is 4.40. The Hall–Kier alpha value is -2.34. The number of ether oxygens (including phenoxy) is 1. The molecule has 3 aromatic rings. The number of nitrogens with one attached hydrogen (secondary N) is 1. The fourth-order valence-electron chi connectivity index (χ4n) is 1.91. The average molecular weight is 346 g/mol. The highest BCUT2D eigenvalue weighted by atomic mass is 79.9. The number of nitrogens with zero attached hydrogens (tertiary/aromatic N) is 2. The first kappa shape index (κ1) is 13.6. The van der Waals surface area contributed by atoms with Crippen molar-refractivity contribution in [1.29, 1.82) is 0 Å². The molecule has 1 N–H and O–H groups in total. The van der Waals surface area contributed by atoms with Crippen LogP contribution in [0.25, 0.3) is 5.52 Å². The summed E-state index contributed by atoms with van der Waals surface area (Å²) in [4.78, 5) is 11.8. The van der Waals surface area contributed by atoms with Crippen molar-refractivity contribution in [3.63, 3.8) is 0 Å². The molecular formula is C15H12BrN3O2. The van der Waals surface area contributed by atoms with Gasteiger partial charge in [0, 0.05) is 16.7 Å². The zero-order valence-electron chi connectivity index (χ0n) is 11.0. The largest absolute Gasteiger partial charge is 0.444 e. The minimum Gasteiger partial charge on any atom is -0.444 e. The van der Waals surface area contributed by atoms with Gasteiger partial charge in [-0.15, -0.1) is 5.10 Å². The van der Waals surface area contributed by atoms with Crippen molar-refractivity contribution >= 4 is 33.4 Å². The van der Waals surface area contributed by atoms with Gasteiger partial charge in [-0.1, -0.05) is 30.3 Å². The molecule has 0 aliphatic heterocycles. The number of halogens is 1. The van der Waals surface area contributed by atoms with E-state index in [1.165, 1.54) is 0 Å². The molecule has 0 fully saturated rings. The molecule has 0 atom stereocenters. The highest BCUT2D eigenvalue weighted by molar-refractivity contribution is 9.10. The number of fused-ring (bicyclic) bond motifs is 1. The second-order valence-corrected chi connectivity index (χ2v) is 5.26. The van der Waals surface area contributed by atoms with Gasteiger partial charge in [0.1, 0.15) is 6.61 Å². The monoisotopic (exact) mass is 345 g/mol. The molecule has 2 aromatic heterocycles. The summed E-state index contributed by atoms with van der Waals surface area (Å²) >= 11 is 3.43. The molecule has 0 unspecified atom stereocenters. The molecule has 0 saturated heterocycles. The molecule has 0 aliphatic rings. The van der Waals surface area contributed by atoms with Crippen molar-refractivity contribution in [3.05, 3.63) is 64.8 Å². The van der Waals surface area contributed by atoms with Crippen LogP contribution < -0.4 is 5.32 Å². The maximum Gasteiger partial charge on any atom is 0.413 e. The molecular weight excluding hydrogens is 334 g/mol. The Balaban J connectivity index is 1.65. The molecule has 21 heavy (non-hydrogen) atoms. The van der Waals surface area contributed by atoms with Crippen molar-refractivity contribution in [2.24, 2.45) is 0 Å². The van der Waals surface area contributed by atoms with Gasteiger partial charge < -0.3 is 4.74 Å². The molecule has 106 valence electrons. The molecule has 0 bridgehead atoms. The summed E-state index contributed by atoms with van der Waals surface area (Å²) < 4.78 is 7.73. The molecule has 3 rings (SSSR count). The van der Waals surface area contributed by atoms with Crippen LogP contribution in [-0.4, -0.2) is 15.7 Å². The lowest BCUT2D eigenvalue weighted by atomic mass is 10.2. The molecule has 0 spiro atoms. The molecule has 5 nitrogen and oxygen atoms in total. The Kier molecular flexibility index (Phi) is 3.87. The third-order valence-electron chi connectivity index (χ3n) is 2.89. The van der Waals surface area contributed by atoms with E-state index in [0.29, 0.717) is 5.82 Å². The van der Waals surface area contributed by atoms with Crippen LogP contribution >= 0.6 is 15.9 Å². The van der Waals surface area contributed by atoms with Crippen LogP contribution in [-0.2, 0) is 11.3 Å². The van der Waals surface area contributed by atoms with Gasteiger partial charge >= 0.3 is 6.09 Å². The molecule has 0 aliphatic carbocycles. The Bertz CT molecular complexity index is 771. The number of anilines is 1. The van der Waals surface area contributed by atoms with Gasteiger partial charge in [0.15, 0.2) is 5.82 Å². The summed E-state index contributed by atoms with van der Waals surface area (Å²) in [5.74, 6) is 0.444. The SMILES string of the molecule is O=C(Nc1cc2c(Br)cccn2n1)OCc1ccccc1. The summed E-state index contributed by atoms with van der Waals surface area (Å²) in [5, 5.41) is 6.86. The first-order valence-corrected chi connectivity index (χ1v) is 7.13. The Morgan fingerprint density at radius 2 is 2.05 bits per heavy atom. The average Bonchev–Trinajstić information content (AvgIpc) is 2.90. The van der Waals surface area contributed by atoms with E-state index in [4.69, 9.17) is 4.74 Å². The third kappa shape index (κ3) is 3.22. The van der Waals surface area contributed by atoms with E-state index >= 15 is 0 Å². The van der Waals surface area contributed by atoms with Gasteiger partial charge in [-0.05, 0) is 33.6 Å². The van der Waals surface area contributed by atoms with E-state index in [1.807, 2.05) is 42.5 Å². The first-order valence-electron chi connectivity index (χ1n) is 6.34. The molecule has 0 saturated carbocycles. The lowest BCUT2D eigenvalue weighted by Gasteiger charge is -2.04. The number of benzene rings is 1. The first-order chi connectivity index (χ1) is 10.2. The minimum atomic E-state index is -0.529.